The smallest absolute Gasteiger partial charge is 0.264 e. The number of hydrogen-bond donors (Lipinski definition) is 1. The van der Waals surface area contributed by atoms with Gasteiger partial charge in [-0.25, -0.2) is 8.42 Å². The standard InChI is InChI=1S/C37H41Cl2N3O4S/c1-6-28(5)40-37(44)35(22-29-10-8-7-9-11-29)41(23-30-14-17-33(38)34(39)21-30)36(43)24-42(31-19-26(3)18-27(4)20-31)47(45,46)32-15-12-25(2)13-16-32/h7-21,28,35H,6,22-24H2,1-5H3,(H,40,44). The number of carbonyl (C=O) groups excluding carboxylic acids is 2. The van der Waals surface area contributed by atoms with Crippen molar-refractivity contribution in [3.8, 4) is 0 Å². The van der Waals surface area contributed by atoms with Crippen molar-refractivity contribution in [2.45, 2.75) is 71.0 Å². The molecular formula is C37H41Cl2N3O4S. The van der Waals surface area contributed by atoms with E-state index in [4.69, 9.17) is 23.2 Å². The fraction of sp³-hybridized carbons (Fsp3) is 0.297. The van der Waals surface area contributed by atoms with E-state index in [0.29, 0.717) is 27.7 Å². The highest BCUT2D eigenvalue weighted by Gasteiger charge is 2.35. The van der Waals surface area contributed by atoms with Gasteiger partial charge in [-0.15, -0.1) is 0 Å². The summed E-state index contributed by atoms with van der Waals surface area (Å²) in [6.07, 6.45) is 0.907. The number of aryl methyl sites for hydroxylation is 3. The molecule has 2 atom stereocenters. The van der Waals surface area contributed by atoms with E-state index in [1.165, 1.54) is 17.0 Å². The first-order chi connectivity index (χ1) is 22.3. The number of rotatable bonds is 13. The predicted octanol–water partition coefficient (Wildman–Crippen LogP) is 7.67. The number of hydrogen-bond acceptors (Lipinski definition) is 4. The van der Waals surface area contributed by atoms with E-state index in [0.717, 1.165) is 26.6 Å². The highest BCUT2D eigenvalue weighted by Crippen LogP contribution is 2.28. The first-order valence-electron chi connectivity index (χ1n) is 15.5. The van der Waals surface area contributed by atoms with Crippen LogP contribution in [0.2, 0.25) is 10.0 Å². The summed E-state index contributed by atoms with van der Waals surface area (Å²) in [7, 11) is -4.20. The number of sulfonamides is 1. The van der Waals surface area contributed by atoms with Crippen molar-refractivity contribution in [1.29, 1.82) is 0 Å². The van der Waals surface area contributed by atoms with Crippen LogP contribution in [0, 0.1) is 20.8 Å². The number of nitrogens with zero attached hydrogens (tertiary/aromatic N) is 2. The molecule has 4 aromatic rings. The Labute approximate surface area is 288 Å². The van der Waals surface area contributed by atoms with Crippen LogP contribution in [0.4, 0.5) is 5.69 Å². The summed E-state index contributed by atoms with van der Waals surface area (Å²) in [6, 6.07) is 25.3. The number of benzene rings is 4. The quantitative estimate of drug-likeness (QED) is 0.156. The number of anilines is 1. The van der Waals surface area contributed by atoms with Crippen LogP contribution in [0.1, 0.15) is 48.1 Å². The zero-order chi connectivity index (χ0) is 34.3. The summed E-state index contributed by atoms with van der Waals surface area (Å²) in [6.45, 7) is 8.95. The monoisotopic (exact) mass is 693 g/mol. The molecule has 0 spiro atoms. The molecule has 0 saturated carbocycles. The predicted molar refractivity (Wildman–Crippen MR) is 190 cm³/mol. The molecule has 0 radical (unpaired) electrons. The molecule has 10 heteroatoms. The van der Waals surface area contributed by atoms with Crippen LogP contribution in [-0.2, 0) is 32.6 Å². The number of nitrogens with one attached hydrogen (secondary N) is 1. The molecular weight excluding hydrogens is 653 g/mol. The van der Waals surface area contributed by atoms with Crippen molar-refractivity contribution in [2.24, 2.45) is 0 Å². The Morgan fingerprint density at radius 1 is 0.787 bits per heavy atom. The van der Waals surface area contributed by atoms with E-state index in [9.17, 15) is 18.0 Å². The summed E-state index contributed by atoms with van der Waals surface area (Å²) >= 11 is 12.6. The molecule has 0 bridgehead atoms. The van der Waals surface area contributed by atoms with E-state index in [1.807, 2.05) is 71.0 Å². The third-order valence-corrected chi connectivity index (χ3v) is 10.5. The van der Waals surface area contributed by atoms with E-state index in [2.05, 4.69) is 5.32 Å². The van der Waals surface area contributed by atoms with Crippen LogP contribution in [0.15, 0.2) is 95.9 Å². The van der Waals surface area contributed by atoms with Crippen LogP contribution in [0.3, 0.4) is 0 Å². The van der Waals surface area contributed by atoms with Gasteiger partial charge in [-0.05, 0) is 92.8 Å². The number of amides is 2. The minimum absolute atomic E-state index is 0.00753. The van der Waals surface area contributed by atoms with Gasteiger partial charge < -0.3 is 10.2 Å². The van der Waals surface area contributed by atoms with Gasteiger partial charge in [0, 0.05) is 19.0 Å². The van der Waals surface area contributed by atoms with Crippen LogP contribution < -0.4 is 9.62 Å². The molecule has 0 aliphatic rings. The van der Waals surface area contributed by atoms with Gasteiger partial charge in [-0.3, -0.25) is 13.9 Å². The summed E-state index contributed by atoms with van der Waals surface area (Å²) in [5, 5.41) is 3.70. The maximum Gasteiger partial charge on any atom is 0.264 e. The molecule has 0 heterocycles. The van der Waals surface area contributed by atoms with Crippen molar-refractivity contribution in [2.75, 3.05) is 10.8 Å². The molecule has 0 saturated heterocycles. The Morgan fingerprint density at radius 2 is 1.43 bits per heavy atom. The lowest BCUT2D eigenvalue weighted by molar-refractivity contribution is -0.140. The Kier molecular flexibility index (Phi) is 12.1. The molecule has 0 aliphatic carbocycles. The summed E-state index contributed by atoms with van der Waals surface area (Å²) in [5.74, 6) is -0.887. The minimum Gasteiger partial charge on any atom is -0.352 e. The fourth-order valence-corrected chi connectivity index (χ4v) is 7.01. The van der Waals surface area contributed by atoms with E-state index in [1.54, 1.807) is 42.5 Å². The van der Waals surface area contributed by atoms with Gasteiger partial charge in [0.2, 0.25) is 11.8 Å². The molecule has 0 aromatic heterocycles. The highest BCUT2D eigenvalue weighted by atomic mass is 35.5. The SMILES string of the molecule is CCC(C)NC(=O)C(Cc1ccccc1)N(Cc1ccc(Cl)c(Cl)c1)C(=O)CN(c1cc(C)cc(C)c1)S(=O)(=O)c1ccc(C)cc1. The maximum atomic E-state index is 14.7. The maximum absolute atomic E-state index is 14.7. The highest BCUT2D eigenvalue weighted by molar-refractivity contribution is 7.92. The van der Waals surface area contributed by atoms with Crippen LogP contribution in [0.25, 0.3) is 0 Å². The second kappa shape index (κ2) is 15.8. The molecule has 7 nitrogen and oxygen atoms in total. The molecule has 4 aromatic carbocycles. The van der Waals surface area contributed by atoms with Gasteiger partial charge in [-0.2, -0.15) is 0 Å². The Hall–Kier alpha value is -3.85. The van der Waals surface area contributed by atoms with E-state index in [-0.39, 0.29) is 29.8 Å². The van der Waals surface area contributed by atoms with Gasteiger partial charge in [0.05, 0.1) is 20.6 Å². The van der Waals surface area contributed by atoms with Crippen molar-refractivity contribution in [3.63, 3.8) is 0 Å². The van der Waals surface area contributed by atoms with E-state index < -0.39 is 28.5 Å². The largest absolute Gasteiger partial charge is 0.352 e. The molecule has 0 fully saturated rings. The second-order valence-corrected chi connectivity index (χ2v) is 14.6. The molecule has 2 unspecified atom stereocenters. The molecule has 2 amide bonds. The van der Waals surface area contributed by atoms with Crippen molar-refractivity contribution >= 4 is 50.7 Å². The van der Waals surface area contributed by atoms with E-state index >= 15 is 0 Å². The first-order valence-corrected chi connectivity index (χ1v) is 17.7. The minimum atomic E-state index is -4.20. The Morgan fingerprint density at radius 3 is 2.02 bits per heavy atom. The van der Waals surface area contributed by atoms with Crippen LogP contribution in [0.5, 0.6) is 0 Å². The van der Waals surface area contributed by atoms with Crippen molar-refractivity contribution in [1.82, 2.24) is 10.2 Å². The van der Waals surface area contributed by atoms with Gasteiger partial charge in [0.15, 0.2) is 0 Å². The molecule has 47 heavy (non-hydrogen) atoms. The lowest BCUT2D eigenvalue weighted by Gasteiger charge is -2.34. The molecule has 1 N–H and O–H groups in total. The van der Waals surface area contributed by atoms with Gasteiger partial charge in [0.25, 0.3) is 10.0 Å². The normalized spacial score (nSPS) is 12.7. The Bertz CT molecular complexity index is 1800. The zero-order valence-electron chi connectivity index (χ0n) is 27.3. The zero-order valence-corrected chi connectivity index (χ0v) is 29.7. The molecule has 248 valence electrons. The molecule has 4 rings (SSSR count). The molecule has 0 aliphatic heterocycles. The van der Waals surface area contributed by atoms with Crippen LogP contribution in [-0.4, -0.2) is 43.8 Å². The third-order valence-electron chi connectivity index (χ3n) is 7.99. The lowest BCUT2D eigenvalue weighted by Crippen LogP contribution is -2.54. The second-order valence-electron chi connectivity index (χ2n) is 12.0. The number of carbonyl (C=O) groups is 2. The van der Waals surface area contributed by atoms with Crippen molar-refractivity contribution in [3.05, 3.63) is 129 Å². The number of halogens is 2. The fourth-order valence-electron chi connectivity index (χ4n) is 5.29. The summed E-state index contributed by atoms with van der Waals surface area (Å²) in [5.41, 5.74) is 4.44. The lowest BCUT2D eigenvalue weighted by atomic mass is 10.0. The van der Waals surface area contributed by atoms with Gasteiger partial charge >= 0.3 is 0 Å². The Balaban J connectivity index is 1.85. The average Bonchev–Trinajstić information content (AvgIpc) is 3.03. The first kappa shape index (κ1) is 36.0. The summed E-state index contributed by atoms with van der Waals surface area (Å²) < 4.78 is 29.7. The van der Waals surface area contributed by atoms with Gasteiger partial charge in [-0.1, -0.05) is 90.3 Å². The van der Waals surface area contributed by atoms with Crippen molar-refractivity contribution < 1.29 is 18.0 Å². The van der Waals surface area contributed by atoms with Gasteiger partial charge in [0.1, 0.15) is 12.6 Å². The van der Waals surface area contributed by atoms with Crippen LogP contribution >= 0.6 is 23.2 Å². The summed E-state index contributed by atoms with van der Waals surface area (Å²) in [4.78, 5) is 30.1. The topological polar surface area (TPSA) is 86.8 Å². The average molecular weight is 695 g/mol. The third kappa shape index (κ3) is 9.37.